The molecule has 0 amide bonds. The van der Waals surface area contributed by atoms with Crippen molar-refractivity contribution in [1.82, 2.24) is 0 Å². The molecule has 0 saturated heterocycles. The molecule has 0 heterocycles. The summed E-state index contributed by atoms with van der Waals surface area (Å²) in [4.78, 5) is 11.1. The molecule has 0 bridgehead atoms. The average Bonchev–Trinajstić information content (AvgIpc) is 2.59. The minimum absolute atomic E-state index is 0.410. The average molecular weight is 302 g/mol. The van der Waals surface area contributed by atoms with Gasteiger partial charge in [-0.3, -0.25) is 0 Å². The molecule has 0 saturated carbocycles. The van der Waals surface area contributed by atoms with Crippen molar-refractivity contribution in [2.75, 3.05) is 5.32 Å². The largest absolute Gasteiger partial charge is 0.353 e. The topological polar surface area (TPSA) is 41.5 Å². The quantitative estimate of drug-likeness (QED) is 0.590. The standard InChI is InChI=1S/C20H18N2O/c1-14-7-6-8-15(2)20(14)21-19-13-17(11-12-18(19)22-23)16-9-4-3-5-10-16/h3-13,21H,1-2H3. The van der Waals surface area contributed by atoms with Gasteiger partial charge in [-0.1, -0.05) is 54.6 Å². The number of nitroso groups, excluding NO2 is 1. The van der Waals surface area contributed by atoms with E-state index < -0.39 is 0 Å². The second kappa shape index (κ2) is 6.44. The Hall–Kier alpha value is -2.94. The Labute approximate surface area is 136 Å². The fraction of sp³-hybridized carbons (Fsp3) is 0.100. The maximum atomic E-state index is 11.1. The van der Waals surface area contributed by atoms with Gasteiger partial charge in [-0.05, 0) is 53.4 Å². The summed E-state index contributed by atoms with van der Waals surface area (Å²) in [7, 11) is 0. The lowest BCUT2D eigenvalue weighted by atomic mass is 10.0. The summed E-state index contributed by atoms with van der Waals surface area (Å²) in [5.74, 6) is 0. The summed E-state index contributed by atoms with van der Waals surface area (Å²) in [6.45, 7) is 4.09. The predicted octanol–water partition coefficient (Wildman–Crippen LogP) is 6.11. The van der Waals surface area contributed by atoms with Gasteiger partial charge in [0.2, 0.25) is 0 Å². The van der Waals surface area contributed by atoms with E-state index >= 15 is 0 Å². The molecule has 3 aromatic rings. The first-order valence-corrected chi connectivity index (χ1v) is 7.55. The highest BCUT2D eigenvalue weighted by molar-refractivity contribution is 5.80. The minimum atomic E-state index is 0.410. The molecule has 0 unspecified atom stereocenters. The zero-order chi connectivity index (χ0) is 16.2. The van der Waals surface area contributed by atoms with E-state index in [1.165, 1.54) is 0 Å². The molecule has 3 nitrogen and oxygen atoms in total. The van der Waals surface area contributed by atoms with Gasteiger partial charge in [0.05, 0.1) is 5.69 Å². The highest BCUT2D eigenvalue weighted by Crippen LogP contribution is 2.34. The van der Waals surface area contributed by atoms with E-state index in [1.807, 2.05) is 74.5 Å². The van der Waals surface area contributed by atoms with Crippen LogP contribution in [-0.4, -0.2) is 0 Å². The molecular weight excluding hydrogens is 284 g/mol. The van der Waals surface area contributed by atoms with Gasteiger partial charge in [-0.15, -0.1) is 4.91 Å². The summed E-state index contributed by atoms with van der Waals surface area (Å²) < 4.78 is 0. The van der Waals surface area contributed by atoms with Crippen molar-refractivity contribution in [3.8, 4) is 11.1 Å². The molecule has 0 atom stereocenters. The van der Waals surface area contributed by atoms with E-state index in [0.717, 1.165) is 33.6 Å². The highest BCUT2D eigenvalue weighted by Gasteiger charge is 2.09. The number of aryl methyl sites for hydroxylation is 2. The molecule has 23 heavy (non-hydrogen) atoms. The minimum Gasteiger partial charge on any atom is -0.353 e. The van der Waals surface area contributed by atoms with E-state index in [-0.39, 0.29) is 0 Å². The molecule has 3 aromatic carbocycles. The fourth-order valence-corrected chi connectivity index (χ4v) is 2.67. The highest BCUT2D eigenvalue weighted by atomic mass is 16.3. The first-order valence-electron chi connectivity index (χ1n) is 7.55. The van der Waals surface area contributed by atoms with Gasteiger partial charge < -0.3 is 5.32 Å². The third-order valence-electron chi connectivity index (χ3n) is 3.94. The van der Waals surface area contributed by atoms with Crippen LogP contribution in [0, 0.1) is 18.8 Å². The van der Waals surface area contributed by atoms with Crippen LogP contribution in [0.2, 0.25) is 0 Å². The lowest BCUT2D eigenvalue weighted by Crippen LogP contribution is -1.96. The number of anilines is 2. The third kappa shape index (κ3) is 3.14. The third-order valence-corrected chi connectivity index (χ3v) is 3.94. The Morgan fingerprint density at radius 2 is 1.48 bits per heavy atom. The zero-order valence-electron chi connectivity index (χ0n) is 13.2. The van der Waals surface area contributed by atoms with E-state index in [4.69, 9.17) is 0 Å². The molecule has 0 fully saturated rings. The van der Waals surface area contributed by atoms with E-state index in [9.17, 15) is 4.91 Å². The monoisotopic (exact) mass is 302 g/mol. The molecule has 0 aliphatic heterocycles. The molecule has 114 valence electrons. The van der Waals surface area contributed by atoms with Crippen LogP contribution < -0.4 is 5.32 Å². The van der Waals surface area contributed by atoms with Crippen LogP contribution in [0.25, 0.3) is 11.1 Å². The van der Waals surface area contributed by atoms with Crippen molar-refractivity contribution < 1.29 is 0 Å². The van der Waals surface area contributed by atoms with Crippen molar-refractivity contribution >= 4 is 17.1 Å². The number of nitrogens with one attached hydrogen (secondary N) is 1. The Balaban J connectivity index is 2.05. The van der Waals surface area contributed by atoms with Crippen LogP contribution in [0.3, 0.4) is 0 Å². The molecule has 1 N–H and O–H groups in total. The van der Waals surface area contributed by atoms with Crippen LogP contribution in [-0.2, 0) is 0 Å². The number of hydrogen-bond acceptors (Lipinski definition) is 3. The number of hydrogen-bond donors (Lipinski definition) is 1. The van der Waals surface area contributed by atoms with E-state index in [2.05, 4.69) is 10.5 Å². The Morgan fingerprint density at radius 3 is 2.13 bits per heavy atom. The van der Waals surface area contributed by atoms with Gasteiger partial charge in [0.15, 0.2) is 0 Å². The number of nitrogens with zero attached hydrogens (tertiary/aromatic N) is 1. The molecule has 0 aliphatic rings. The molecule has 3 rings (SSSR count). The normalized spacial score (nSPS) is 10.3. The Kier molecular flexibility index (Phi) is 4.20. The zero-order valence-corrected chi connectivity index (χ0v) is 13.2. The predicted molar refractivity (Wildman–Crippen MR) is 96.5 cm³/mol. The van der Waals surface area contributed by atoms with Crippen LogP contribution >= 0.6 is 0 Å². The SMILES string of the molecule is Cc1cccc(C)c1Nc1cc(-c2ccccc2)ccc1N=O. The first-order chi connectivity index (χ1) is 11.2. The second-order valence-electron chi connectivity index (χ2n) is 5.58. The molecule has 0 aliphatic carbocycles. The summed E-state index contributed by atoms with van der Waals surface area (Å²) >= 11 is 0. The van der Waals surface area contributed by atoms with Gasteiger partial charge in [-0.25, -0.2) is 0 Å². The molecule has 0 radical (unpaired) electrons. The number of benzene rings is 3. The van der Waals surface area contributed by atoms with Crippen molar-refractivity contribution in [2.24, 2.45) is 5.18 Å². The number of para-hydroxylation sites is 1. The van der Waals surface area contributed by atoms with Gasteiger partial charge in [0, 0.05) is 5.69 Å². The lowest BCUT2D eigenvalue weighted by molar-refractivity contribution is 1.35. The smallest absolute Gasteiger partial charge is 0.131 e. The number of rotatable bonds is 4. The van der Waals surface area contributed by atoms with Gasteiger partial charge in [0.25, 0.3) is 0 Å². The summed E-state index contributed by atoms with van der Waals surface area (Å²) in [6.07, 6.45) is 0. The van der Waals surface area contributed by atoms with Gasteiger partial charge in [0.1, 0.15) is 5.69 Å². The Morgan fingerprint density at radius 1 is 0.783 bits per heavy atom. The maximum absolute atomic E-state index is 11.1. The second-order valence-corrected chi connectivity index (χ2v) is 5.58. The van der Waals surface area contributed by atoms with E-state index in [1.54, 1.807) is 6.07 Å². The summed E-state index contributed by atoms with van der Waals surface area (Å²) in [6, 6.07) is 21.8. The summed E-state index contributed by atoms with van der Waals surface area (Å²) in [5.41, 5.74) is 6.56. The summed E-state index contributed by atoms with van der Waals surface area (Å²) in [5, 5.41) is 6.52. The van der Waals surface area contributed by atoms with Crippen LogP contribution in [0.15, 0.2) is 71.9 Å². The Bertz CT molecular complexity index is 821. The van der Waals surface area contributed by atoms with Gasteiger partial charge in [-0.2, -0.15) is 0 Å². The van der Waals surface area contributed by atoms with Crippen LogP contribution in [0.5, 0.6) is 0 Å². The van der Waals surface area contributed by atoms with Crippen molar-refractivity contribution in [1.29, 1.82) is 0 Å². The van der Waals surface area contributed by atoms with Crippen molar-refractivity contribution in [3.63, 3.8) is 0 Å². The molecule has 3 heteroatoms. The van der Waals surface area contributed by atoms with E-state index in [0.29, 0.717) is 5.69 Å². The van der Waals surface area contributed by atoms with Crippen molar-refractivity contribution in [3.05, 3.63) is 82.8 Å². The fourth-order valence-electron chi connectivity index (χ4n) is 2.67. The van der Waals surface area contributed by atoms with Crippen molar-refractivity contribution in [2.45, 2.75) is 13.8 Å². The molecular formula is C20H18N2O. The lowest BCUT2D eigenvalue weighted by Gasteiger charge is -2.14. The molecule has 0 aromatic heterocycles. The first kappa shape index (κ1) is 15.0. The maximum Gasteiger partial charge on any atom is 0.131 e. The molecule has 0 spiro atoms. The van der Waals surface area contributed by atoms with Gasteiger partial charge >= 0.3 is 0 Å². The van der Waals surface area contributed by atoms with Crippen LogP contribution in [0.1, 0.15) is 11.1 Å². The van der Waals surface area contributed by atoms with Crippen LogP contribution in [0.4, 0.5) is 17.1 Å².